The molecule has 2 fully saturated rings. The van der Waals surface area contributed by atoms with E-state index in [2.05, 4.69) is 30.4 Å². The molecule has 3 aromatic heterocycles. The van der Waals surface area contributed by atoms with Crippen LogP contribution in [0.15, 0.2) is 24.5 Å². The van der Waals surface area contributed by atoms with Crippen LogP contribution in [0, 0.1) is 5.92 Å². The number of hydrogen-bond acceptors (Lipinski definition) is 7. The molecule has 3 aromatic rings. The van der Waals surface area contributed by atoms with Gasteiger partial charge in [0.15, 0.2) is 11.5 Å². The van der Waals surface area contributed by atoms with E-state index in [4.69, 9.17) is 16.7 Å². The van der Waals surface area contributed by atoms with Gasteiger partial charge in [0, 0.05) is 31.5 Å². The van der Waals surface area contributed by atoms with Crippen molar-refractivity contribution in [2.75, 3.05) is 29.9 Å². The van der Waals surface area contributed by atoms with Gasteiger partial charge in [0.05, 0.1) is 17.4 Å². The second-order valence-corrected chi connectivity index (χ2v) is 7.46. The summed E-state index contributed by atoms with van der Waals surface area (Å²) in [5, 5.41) is 17.2. The summed E-state index contributed by atoms with van der Waals surface area (Å²) in [6, 6.07) is 4.03. The summed E-state index contributed by atoms with van der Waals surface area (Å²) < 4.78 is 1.92. The maximum Gasteiger partial charge on any atom is 0.222 e. The largest absolute Gasteiger partial charge is 0.354 e. The van der Waals surface area contributed by atoms with Crippen LogP contribution in [0.25, 0.3) is 5.65 Å². The van der Waals surface area contributed by atoms with E-state index in [1.807, 2.05) is 16.6 Å². The molecular formula is C17H19ClN8. The minimum absolute atomic E-state index is 0.514. The van der Waals surface area contributed by atoms with Crippen LogP contribution in [0.2, 0.25) is 5.02 Å². The summed E-state index contributed by atoms with van der Waals surface area (Å²) in [5.74, 6) is 3.66. The van der Waals surface area contributed by atoms with Crippen molar-refractivity contribution in [1.82, 2.24) is 29.8 Å². The van der Waals surface area contributed by atoms with Crippen molar-refractivity contribution in [3.63, 3.8) is 0 Å². The number of aromatic nitrogens is 6. The molecule has 8 nitrogen and oxygen atoms in total. The second-order valence-electron chi connectivity index (χ2n) is 7.02. The Kier molecular flexibility index (Phi) is 3.85. The van der Waals surface area contributed by atoms with E-state index in [9.17, 15) is 0 Å². The summed E-state index contributed by atoms with van der Waals surface area (Å²) in [4.78, 5) is 10.6. The van der Waals surface area contributed by atoms with Crippen molar-refractivity contribution in [3.05, 3.63) is 35.4 Å². The van der Waals surface area contributed by atoms with Crippen LogP contribution in [-0.4, -0.2) is 49.4 Å². The summed E-state index contributed by atoms with van der Waals surface area (Å²) >= 11 is 5.80. The second kappa shape index (κ2) is 6.35. The fourth-order valence-electron chi connectivity index (χ4n) is 3.41. The average Bonchev–Trinajstić information content (AvgIpc) is 2.97. The third kappa shape index (κ3) is 2.84. The van der Waals surface area contributed by atoms with Crippen molar-refractivity contribution < 1.29 is 0 Å². The van der Waals surface area contributed by atoms with E-state index in [-0.39, 0.29) is 0 Å². The number of anilines is 2. The van der Waals surface area contributed by atoms with Crippen molar-refractivity contribution in [2.24, 2.45) is 5.92 Å². The van der Waals surface area contributed by atoms with Gasteiger partial charge in [0.25, 0.3) is 0 Å². The van der Waals surface area contributed by atoms with Gasteiger partial charge in [0.1, 0.15) is 5.82 Å². The Balaban J connectivity index is 1.22. The van der Waals surface area contributed by atoms with Gasteiger partial charge in [-0.2, -0.15) is 4.52 Å². The zero-order chi connectivity index (χ0) is 17.5. The van der Waals surface area contributed by atoms with Crippen molar-refractivity contribution in [3.8, 4) is 0 Å². The number of nitrogens with one attached hydrogen (secondary N) is 1. The fourth-order valence-corrected chi connectivity index (χ4v) is 3.51. The maximum atomic E-state index is 5.80. The molecule has 2 aliphatic rings. The van der Waals surface area contributed by atoms with E-state index in [1.54, 1.807) is 12.4 Å². The monoisotopic (exact) mass is 370 g/mol. The Labute approximate surface area is 155 Å². The lowest BCUT2D eigenvalue weighted by atomic mass is 9.85. The van der Waals surface area contributed by atoms with Crippen LogP contribution < -0.4 is 10.2 Å². The molecule has 9 heteroatoms. The molecule has 0 aromatic carbocycles. The highest BCUT2D eigenvalue weighted by Gasteiger charge is 2.29. The molecule has 1 saturated heterocycles. The van der Waals surface area contributed by atoms with Gasteiger partial charge in [-0.15, -0.1) is 15.3 Å². The SMILES string of the molecule is Clc1cnc(NCC2CN(c3ccc4nnc(C5CCC5)n4n3)C2)nc1. The molecule has 0 atom stereocenters. The number of fused-ring (bicyclic) bond motifs is 1. The quantitative estimate of drug-likeness (QED) is 0.738. The molecule has 0 spiro atoms. The van der Waals surface area contributed by atoms with E-state index in [1.165, 1.54) is 19.3 Å². The van der Waals surface area contributed by atoms with Gasteiger partial charge in [-0.1, -0.05) is 18.0 Å². The third-order valence-corrected chi connectivity index (χ3v) is 5.39. The first-order valence-electron chi connectivity index (χ1n) is 8.95. The van der Waals surface area contributed by atoms with Crippen molar-refractivity contribution >= 4 is 29.0 Å². The fraction of sp³-hybridized carbons (Fsp3) is 0.471. The number of hydrogen-bond donors (Lipinski definition) is 1. The molecule has 0 bridgehead atoms. The Morgan fingerprint density at radius 1 is 1.12 bits per heavy atom. The topological polar surface area (TPSA) is 84.1 Å². The Hall–Kier alpha value is -2.48. The number of nitrogens with zero attached hydrogens (tertiary/aromatic N) is 7. The van der Waals surface area contributed by atoms with Crippen LogP contribution >= 0.6 is 11.6 Å². The zero-order valence-corrected chi connectivity index (χ0v) is 15.0. The number of rotatable bonds is 5. The first-order chi connectivity index (χ1) is 12.8. The van der Waals surface area contributed by atoms with Gasteiger partial charge >= 0.3 is 0 Å². The molecule has 5 rings (SSSR count). The predicted molar refractivity (Wildman–Crippen MR) is 98.6 cm³/mol. The Bertz CT molecular complexity index is 914. The smallest absolute Gasteiger partial charge is 0.222 e. The summed E-state index contributed by atoms with van der Waals surface area (Å²) in [6.45, 7) is 2.75. The van der Waals surface area contributed by atoms with E-state index < -0.39 is 0 Å². The minimum atomic E-state index is 0.514. The molecule has 0 unspecified atom stereocenters. The highest BCUT2D eigenvalue weighted by molar-refractivity contribution is 6.30. The Morgan fingerprint density at radius 3 is 2.65 bits per heavy atom. The van der Waals surface area contributed by atoms with Gasteiger partial charge in [-0.25, -0.2) is 9.97 Å². The normalized spacial score (nSPS) is 18.0. The molecule has 1 N–H and O–H groups in total. The van der Waals surface area contributed by atoms with Gasteiger partial charge in [-0.3, -0.25) is 0 Å². The summed E-state index contributed by atoms with van der Waals surface area (Å²) in [7, 11) is 0. The van der Waals surface area contributed by atoms with Gasteiger partial charge in [0.2, 0.25) is 5.95 Å². The average molecular weight is 371 g/mol. The van der Waals surface area contributed by atoms with E-state index >= 15 is 0 Å². The van der Waals surface area contributed by atoms with Gasteiger partial charge in [-0.05, 0) is 25.0 Å². The lowest BCUT2D eigenvalue weighted by Crippen LogP contribution is -2.50. The molecule has 0 radical (unpaired) electrons. The molecule has 1 saturated carbocycles. The Morgan fingerprint density at radius 2 is 1.92 bits per heavy atom. The zero-order valence-electron chi connectivity index (χ0n) is 14.2. The molecule has 4 heterocycles. The minimum Gasteiger partial charge on any atom is -0.354 e. The first-order valence-corrected chi connectivity index (χ1v) is 9.33. The van der Waals surface area contributed by atoms with E-state index in [0.717, 1.165) is 36.9 Å². The lowest BCUT2D eigenvalue weighted by Gasteiger charge is -2.40. The molecule has 134 valence electrons. The van der Waals surface area contributed by atoms with Crippen LogP contribution in [0.4, 0.5) is 11.8 Å². The van der Waals surface area contributed by atoms with Crippen molar-refractivity contribution in [1.29, 1.82) is 0 Å². The van der Waals surface area contributed by atoms with Crippen LogP contribution in [-0.2, 0) is 0 Å². The highest BCUT2D eigenvalue weighted by atomic mass is 35.5. The summed E-state index contributed by atoms with van der Waals surface area (Å²) in [5.41, 5.74) is 0.828. The van der Waals surface area contributed by atoms with Crippen molar-refractivity contribution in [2.45, 2.75) is 25.2 Å². The third-order valence-electron chi connectivity index (χ3n) is 5.19. The van der Waals surface area contributed by atoms with Crippen LogP contribution in [0.3, 0.4) is 0 Å². The first kappa shape index (κ1) is 15.7. The van der Waals surface area contributed by atoms with Crippen LogP contribution in [0.5, 0.6) is 0 Å². The molecule has 26 heavy (non-hydrogen) atoms. The van der Waals surface area contributed by atoms with Gasteiger partial charge < -0.3 is 10.2 Å². The molecular weight excluding hydrogens is 352 g/mol. The van der Waals surface area contributed by atoms with Crippen LogP contribution in [0.1, 0.15) is 31.0 Å². The molecule has 1 aliphatic carbocycles. The molecule has 1 aliphatic heterocycles. The standard InChI is InChI=1S/C17H19ClN8/c18-13-7-20-17(21-8-13)19-6-11-9-25(10-11)15-5-4-14-22-23-16(26(14)24-15)12-2-1-3-12/h4-5,7-8,11-12H,1-3,6,9-10H2,(H,19,20,21). The number of halogens is 1. The van der Waals surface area contributed by atoms with E-state index in [0.29, 0.717) is 22.8 Å². The summed E-state index contributed by atoms with van der Waals surface area (Å²) in [6.07, 6.45) is 6.86. The predicted octanol–water partition coefficient (Wildman–Crippen LogP) is 2.38. The highest BCUT2D eigenvalue weighted by Crippen LogP contribution is 2.35. The molecule has 0 amide bonds. The maximum absolute atomic E-state index is 5.80. The lowest BCUT2D eigenvalue weighted by molar-refractivity contribution is 0.393.